The number of amides is 1. The summed E-state index contributed by atoms with van der Waals surface area (Å²) in [4.78, 5) is 15.7. The smallest absolute Gasteiger partial charge is 0.352 e. The summed E-state index contributed by atoms with van der Waals surface area (Å²) in [6.45, 7) is -0.550. The van der Waals surface area contributed by atoms with Gasteiger partial charge in [0.05, 0.1) is 12.1 Å². The molecular formula is C18H18F5IN4O. The van der Waals surface area contributed by atoms with Gasteiger partial charge >= 0.3 is 6.18 Å². The fourth-order valence-electron chi connectivity index (χ4n) is 2.30. The first-order valence-corrected chi connectivity index (χ1v) is 8.04. The molecule has 0 bridgehead atoms. The van der Waals surface area contributed by atoms with Crippen LogP contribution in [0.2, 0.25) is 0 Å². The van der Waals surface area contributed by atoms with E-state index in [1.807, 2.05) is 0 Å². The first-order chi connectivity index (χ1) is 13.2. The summed E-state index contributed by atoms with van der Waals surface area (Å²) in [7, 11) is 1.37. The molecule has 0 radical (unpaired) electrons. The first kappa shape index (κ1) is 24.6. The number of nitrogens with zero attached hydrogens (tertiary/aromatic N) is 1. The number of carbonyl (C=O) groups excluding carboxylic acids is 1. The zero-order valence-electron chi connectivity index (χ0n) is 15.1. The Morgan fingerprint density at radius 2 is 1.72 bits per heavy atom. The molecule has 2 aromatic carbocycles. The Morgan fingerprint density at radius 1 is 1.03 bits per heavy atom. The minimum atomic E-state index is -4.71. The summed E-state index contributed by atoms with van der Waals surface area (Å²) >= 11 is 0. The molecule has 0 heterocycles. The number of hydrogen-bond acceptors (Lipinski definition) is 2. The van der Waals surface area contributed by atoms with Crippen molar-refractivity contribution in [2.75, 3.05) is 18.9 Å². The van der Waals surface area contributed by atoms with Crippen LogP contribution >= 0.6 is 24.0 Å². The minimum Gasteiger partial charge on any atom is -0.352 e. The van der Waals surface area contributed by atoms with Gasteiger partial charge in [-0.3, -0.25) is 9.79 Å². The Bertz CT molecular complexity index is 874. The number of carbonyl (C=O) groups is 1. The van der Waals surface area contributed by atoms with Crippen LogP contribution in [0.4, 0.5) is 27.6 Å². The second-order valence-corrected chi connectivity index (χ2v) is 5.64. The quantitative estimate of drug-likeness (QED) is 0.239. The molecular weight excluding hydrogens is 510 g/mol. The van der Waals surface area contributed by atoms with Gasteiger partial charge in [0.2, 0.25) is 5.91 Å². The molecule has 3 N–H and O–H groups in total. The molecule has 2 aromatic rings. The number of rotatable bonds is 5. The highest BCUT2D eigenvalue weighted by molar-refractivity contribution is 14.0. The van der Waals surface area contributed by atoms with E-state index in [1.165, 1.54) is 25.2 Å². The molecule has 1 amide bonds. The molecule has 29 heavy (non-hydrogen) atoms. The van der Waals surface area contributed by atoms with E-state index < -0.39 is 29.3 Å². The normalized spacial score (nSPS) is 11.4. The Kier molecular flexibility index (Phi) is 9.27. The maximum atomic E-state index is 13.1. The second kappa shape index (κ2) is 10.9. The molecule has 0 unspecified atom stereocenters. The van der Waals surface area contributed by atoms with Crippen molar-refractivity contribution >= 4 is 41.5 Å². The third-order valence-corrected chi connectivity index (χ3v) is 3.57. The van der Waals surface area contributed by atoms with Crippen LogP contribution in [-0.2, 0) is 17.5 Å². The molecule has 11 heteroatoms. The van der Waals surface area contributed by atoms with Gasteiger partial charge in [-0.05, 0) is 35.9 Å². The Balaban J connectivity index is 0.00000420. The number of guanidine groups is 1. The summed E-state index contributed by atoms with van der Waals surface area (Å²) in [6, 6.07) is 7.66. The molecule has 0 fully saturated rings. The Morgan fingerprint density at radius 3 is 2.34 bits per heavy atom. The highest BCUT2D eigenvalue weighted by Crippen LogP contribution is 2.32. The summed E-state index contributed by atoms with van der Waals surface area (Å²) in [5.74, 6) is -1.95. The highest BCUT2D eigenvalue weighted by Gasteiger charge is 2.33. The zero-order valence-corrected chi connectivity index (χ0v) is 17.4. The molecule has 0 aliphatic rings. The maximum Gasteiger partial charge on any atom is 0.416 e. The number of benzene rings is 2. The SMILES string of the molecule is CN=C(NCC(=O)Nc1cccc(F)c1)NCc1ccc(F)cc1C(F)(F)F.I. The summed E-state index contributed by atoms with van der Waals surface area (Å²) in [6.07, 6.45) is -4.71. The number of aliphatic imine (C=N–C) groups is 1. The molecule has 0 aliphatic carbocycles. The minimum absolute atomic E-state index is 0. The average molecular weight is 528 g/mol. The molecule has 2 rings (SSSR count). The van der Waals surface area contributed by atoms with Crippen molar-refractivity contribution < 1.29 is 26.7 Å². The van der Waals surface area contributed by atoms with Crippen LogP contribution in [0, 0.1) is 11.6 Å². The first-order valence-electron chi connectivity index (χ1n) is 8.04. The van der Waals surface area contributed by atoms with Gasteiger partial charge in [-0.25, -0.2) is 8.78 Å². The molecule has 0 aliphatic heterocycles. The average Bonchev–Trinajstić information content (AvgIpc) is 2.62. The van der Waals surface area contributed by atoms with E-state index in [0.717, 1.165) is 18.2 Å². The fraction of sp³-hybridized carbons (Fsp3) is 0.222. The van der Waals surface area contributed by atoms with Crippen LogP contribution in [0.25, 0.3) is 0 Å². The van der Waals surface area contributed by atoms with Crippen LogP contribution in [0.3, 0.4) is 0 Å². The molecule has 0 saturated carbocycles. The monoisotopic (exact) mass is 528 g/mol. The van der Waals surface area contributed by atoms with E-state index in [1.54, 1.807) is 0 Å². The van der Waals surface area contributed by atoms with E-state index in [-0.39, 0.29) is 54.3 Å². The second-order valence-electron chi connectivity index (χ2n) is 5.64. The van der Waals surface area contributed by atoms with Crippen LogP contribution in [-0.4, -0.2) is 25.5 Å². The lowest BCUT2D eigenvalue weighted by atomic mass is 10.1. The van der Waals surface area contributed by atoms with Crippen LogP contribution in [0.1, 0.15) is 11.1 Å². The number of anilines is 1. The zero-order chi connectivity index (χ0) is 20.7. The van der Waals surface area contributed by atoms with E-state index in [0.29, 0.717) is 6.07 Å². The van der Waals surface area contributed by atoms with Gasteiger partial charge in [-0.15, -0.1) is 24.0 Å². The van der Waals surface area contributed by atoms with Crippen LogP contribution in [0.15, 0.2) is 47.5 Å². The van der Waals surface area contributed by atoms with E-state index in [2.05, 4.69) is 20.9 Å². The Labute approximate surface area is 180 Å². The summed E-state index contributed by atoms with van der Waals surface area (Å²) < 4.78 is 65.2. The number of halogens is 6. The highest BCUT2D eigenvalue weighted by atomic mass is 127. The van der Waals surface area contributed by atoms with Crippen molar-refractivity contribution in [1.82, 2.24) is 10.6 Å². The van der Waals surface area contributed by atoms with Crippen LogP contribution in [0.5, 0.6) is 0 Å². The van der Waals surface area contributed by atoms with E-state index in [4.69, 9.17) is 0 Å². The molecule has 0 saturated heterocycles. The van der Waals surface area contributed by atoms with Gasteiger partial charge in [0.15, 0.2) is 5.96 Å². The van der Waals surface area contributed by atoms with Gasteiger partial charge in [-0.1, -0.05) is 12.1 Å². The van der Waals surface area contributed by atoms with Crippen molar-refractivity contribution in [2.45, 2.75) is 12.7 Å². The van der Waals surface area contributed by atoms with E-state index >= 15 is 0 Å². The third kappa shape index (κ3) is 7.83. The predicted octanol–water partition coefficient (Wildman–Crippen LogP) is 3.91. The largest absolute Gasteiger partial charge is 0.416 e. The number of alkyl halides is 3. The van der Waals surface area contributed by atoms with Gasteiger partial charge in [0.1, 0.15) is 11.6 Å². The lowest BCUT2D eigenvalue weighted by Crippen LogP contribution is -2.41. The predicted molar refractivity (Wildman–Crippen MR) is 110 cm³/mol. The summed E-state index contributed by atoms with van der Waals surface area (Å²) in [5.41, 5.74) is -1.02. The van der Waals surface area contributed by atoms with Gasteiger partial charge in [-0.2, -0.15) is 13.2 Å². The molecule has 5 nitrogen and oxygen atoms in total. The van der Waals surface area contributed by atoms with Crippen molar-refractivity contribution in [3.63, 3.8) is 0 Å². The lowest BCUT2D eigenvalue weighted by molar-refractivity contribution is -0.138. The summed E-state index contributed by atoms with van der Waals surface area (Å²) in [5, 5.41) is 7.70. The third-order valence-electron chi connectivity index (χ3n) is 3.57. The molecule has 0 atom stereocenters. The van der Waals surface area contributed by atoms with Crippen molar-refractivity contribution in [2.24, 2.45) is 4.99 Å². The standard InChI is InChI=1S/C18H17F5N4O.HI/c1-24-17(26-10-16(28)27-14-4-2-3-12(19)7-14)25-9-11-5-6-13(20)8-15(11)18(21,22)23;/h2-8H,9-10H2,1H3,(H,27,28)(H2,24,25,26);1H. The lowest BCUT2D eigenvalue weighted by Gasteiger charge is -2.16. The van der Waals surface area contributed by atoms with Crippen LogP contribution < -0.4 is 16.0 Å². The molecule has 0 aromatic heterocycles. The molecule has 0 spiro atoms. The molecule has 158 valence electrons. The van der Waals surface area contributed by atoms with Gasteiger partial charge in [0, 0.05) is 19.3 Å². The van der Waals surface area contributed by atoms with Gasteiger partial charge in [0.25, 0.3) is 0 Å². The number of hydrogen-bond donors (Lipinski definition) is 3. The van der Waals surface area contributed by atoms with Crippen molar-refractivity contribution in [3.05, 3.63) is 65.2 Å². The van der Waals surface area contributed by atoms with Crippen molar-refractivity contribution in [3.8, 4) is 0 Å². The van der Waals surface area contributed by atoms with E-state index in [9.17, 15) is 26.7 Å². The fourth-order valence-corrected chi connectivity index (χ4v) is 2.30. The van der Waals surface area contributed by atoms with Gasteiger partial charge < -0.3 is 16.0 Å². The Hall–Kier alpha value is -2.44. The van der Waals surface area contributed by atoms with Crippen molar-refractivity contribution in [1.29, 1.82) is 0 Å². The topological polar surface area (TPSA) is 65.5 Å². The maximum absolute atomic E-state index is 13.1. The number of nitrogens with one attached hydrogen (secondary N) is 3.